The highest BCUT2D eigenvalue weighted by Crippen LogP contribution is 2.49. The van der Waals surface area contributed by atoms with Gasteiger partial charge in [0.05, 0.1) is 18.9 Å². The first-order chi connectivity index (χ1) is 11.0. The Kier molecular flexibility index (Phi) is 4.28. The SMILES string of the molecule is COc1ccc(NC(=O)[C@H]2C3CCC(CC3)[C@H]2C(=O)O)c(C)c1. The molecule has 1 aromatic carbocycles. The number of benzene rings is 1. The maximum absolute atomic E-state index is 12.8. The lowest BCUT2D eigenvalue weighted by atomic mass is 9.58. The van der Waals surface area contributed by atoms with Crippen LogP contribution in [0.1, 0.15) is 31.2 Å². The molecule has 3 aliphatic rings. The van der Waals surface area contributed by atoms with Crippen molar-refractivity contribution in [3.05, 3.63) is 23.8 Å². The maximum Gasteiger partial charge on any atom is 0.307 e. The van der Waals surface area contributed by atoms with Crippen LogP contribution in [0.2, 0.25) is 0 Å². The van der Waals surface area contributed by atoms with Crippen LogP contribution in [0.5, 0.6) is 5.75 Å². The number of ether oxygens (including phenoxy) is 1. The Hall–Kier alpha value is -2.04. The van der Waals surface area contributed by atoms with Gasteiger partial charge in [0.2, 0.25) is 5.91 Å². The number of anilines is 1. The second kappa shape index (κ2) is 6.22. The molecule has 0 spiro atoms. The van der Waals surface area contributed by atoms with Gasteiger partial charge in [0, 0.05) is 5.69 Å². The van der Waals surface area contributed by atoms with Gasteiger partial charge in [-0.25, -0.2) is 0 Å². The second-order valence-corrected chi connectivity index (χ2v) is 6.73. The zero-order valence-electron chi connectivity index (χ0n) is 13.5. The van der Waals surface area contributed by atoms with Crippen LogP contribution in [-0.2, 0) is 9.59 Å². The molecular formula is C18H23NO4. The molecule has 0 aliphatic heterocycles. The predicted molar refractivity (Wildman–Crippen MR) is 86.4 cm³/mol. The van der Waals surface area contributed by atoms with Crippen LogP contribution in [-0.4, -0.2) is 24.1 Å². The first kappa shape index (κ1) is 15.8. The highest BCUT2D eigenvalue weighted by molar-refractivity contribution is 5.96. The van der Waals surface area contributed by atoms with Gasteiger partial charge in [0.15, 0.2) is 0 Å². The quantitative estimate of drug-likeness (QED) is 0.895. The van der Waals surface area contributed by atoms with Crippen molar-refractivity contribution in [1.82, 2.24) is 0 Å². The maximum atomic E-state index is 12.8. The topological polar surface area (TPSA) is 75.6 Å². The van der Waals surface area contributed by atoms with Crippen LogP contribution in [0.25, 0.3) is 0 Å². The minimum Gasteiger partial charge on any atom is -0.497 e. The van der Waals surface area contributed by atoms with Gasteiger partial charge < -0.3 is 15.2 Å². The predicted octanol–water partition coefficient (Wildman–Crippen LogP) is 3.08. The molecular weight excluding hydrogens is 294 g/mol. The lowest BCUT2D eigenvalue weighted by Crippen LogP contribution is -2.49. The second-order valence-electron chi connectivity index (χ2n) is 6.73. The molecule has 2 bridgehead atoms. The molecule has 1 aromatic rings. The van der Waals surface area contributed by atoms with Gasteiger partial charge in [0.25, 0.3) is 0 Å². The molecule has 23 heavy (non-hydrogen) atoms. The Morgan fingerprint density at radius 3 is 2.26 bits per heavy atom. The number of carboxylic acid groups (broad SMARTS) is 1. The number of hydrogen-bond acceptors (Lipinski definition) is 3. The highest BCUT2D eigenvalue weighted by Gasteiger charge is 2.50. The Bertz CT molecular complexity index is 619. The van der Waals surface area contributed by atoms with Crippen molar-refractivity contribution in [2.45, 2.75) is 32.6 Å². The minimum atomic E-state index is -0.828. The first-order valence-corrected chi connectivity index (χ1v) is 8.19. The fraction of sp³-hybridized carbons (Fsp3) is 0.556. The highest BCUT2D eigenvalue weighted by atomic mass is 16.5. The molecule has 0 saturated heterocycles. The summed E-state index contributed by atoms with van der Waals surface area (Å²) in [7, 11) is 1.60. The molecule has 124 valence electrons. The average Bonchev–Trinajstić information content (AvgIpc) is 2.56. The van der Waals surface area contributed by atoms with Crippen LogP contribution >= 0.6 is 0 Å². The van der Waals surface area contributed by atoms with E-state index in [2.05, 4.69) is 5.32 Å². The zero-order chi connectivity index (χ0) is 16.6. The summed E-state index contributed by atoms with van der Waals surface area (Å²) in [6.07, 6.45) is 3.81. The number of methoxy groups -OCH3 is 1. The lowest BCUT2D eigenvalue weighted by Gasteiger charge is -2.45. The summed E-state index contributed by atoms with van der Waals surface area (Å²) in [5, 5.41) is 12.5. The van der Waals surface area contributed by atoms with E-state index in [-0.39, 0.29) is 17.7 Å². The third-order valence-corrected chi connectivity index (χ3v) is 5.50. The summed E-state index contributed by atoms with van der Waals surface area (Å²) in [4.78, 5) is 24.4. The standard InChI is InChI=1S/C18H23NO4/c1-10-9-13(23-2)7-8-14(10)19-17(20)15-11-3-5-12(6-4-11)16(15)18(21)22/h7-9,11-12,15-16H,3-6H2,1-2H3,(H,19,20)(H,21,22)/t11?,12?,15-,16+/m0/s1. The molecule has 0 aromatic heterocycles. The number of aliphatic carboxylic acids is 1. The van der Waals surface area contributed by atoms with E-state index in [4.69, 9.17) is 4.74 Å². The fourth-order valence-electron chi connectivity index (χ4n) is 4.30. The molecule has 3 saturated carbocycles. The van der Waals surface area contributed by atoms with Gasteiger partial charge in [-0.1, -0.05) is 0 Å². The largest absolute Gasteiger partial charge is 0.497 e. The summed E-state index contributed by atoms with van der Waals surface area (Å²) in [5.74, 6) is -0.862. The fourth-order valence-corrected chi connectivity index (χ4v) is 4.30. The van der Waals surface area contributed by atoms with E-state index in [1.54, 1.807) is 13.2 Å². The number of nitrogens with one attached hydrogen (secondary N) is 1. The first-order valence-electron chi connectivity index (χ1n) is 8.19. The number of aryl methyl sites for hydroxylation is 1. The van der Waals surface area contributed by atoms with Crippen molar-refractivity contribution in [2.24, 2.45) is 23.7 Å². The van der Waals surface area contributed by atoms with E-state index < -0.39 is 17.8 Å². The number of carboxylic acids is 1. The molecule has 2 atom stereocenters. The van der Waals surface area contributed by atoms with Crippen molar-refractivity contribution in [1.29, 1.82) is 0 Å². The summed E-state index contributed by atoms with van der Waals surface area (Å²) in [5.41, 5.74) is 1.63. The van der Waals surface area contributed by atoms with Crippen molar-refractivity contribution in [3.8, 4) is 5.75 Å². The van der Waals surface area contributed by atoms with Crippen LogP contribution in [0.3, 0.4) is 0 Å². The zero-order valence-corrected chi connectivity index (χ0v) is 13.5. The summed E-state index contributed by atoms with van der Waals surface area (Å²) >= 11 is 0. The molecule has 4 rings (SSSR count). The molecule has 0 unspecified atom stereocenters. The van der Waals surface area contributed by atoms with Gasteiger partial charge in [-0.3, -0.25) is 9.59 Å². The van der Waals surface area contributed by atoms with Crippen molar-refractivity contribution < 1.29 is 19.4 Å². The summed E-state index contributed by atoms with van der Waals surface area (Å²) in [6.45, 7) is 1.90. The number of fused-ring (bicyclic) bond motifs is 3. The number of rotatable bonds is 4. The number of carbonyl (C=O) groups excluding carboxylic acids is 1. The van der Waals surface area contributed by atoms with Gasteiger partial charge in [-0.05, 0) is 68.2 Å². The van der Waals surface area contributed by atoms with Crippen LogP contribution in [0.4, 0.5) is 5.69 Å². The van der Waals surface area contributed by atoms with E-state index >= 15 is 0 Å². The molecule has 3 fully saturated rings. The molecule has 0 heterocycles. The van der Waals surface area contributed by atoms with Crippen LogP contribution in [0.15, 0.2) is 18.2 Å². The van der Waals surface area contributed by atoms with E-state index in [9.17, 15) is 14.7 Å². The number of hydrogen-bond donors (Lipinski definition) is 2. The van der Waals surface area contributed by atoms with Crippen molar-refractivity contribution in [2.75, 3.05) is 12.4 Å². The lowest BCUT2D eigenvalue weighted by molar-refractivity contribution is -0.156. The molecule has 0 radical (unpaired) electrons. The van der Waals surface area contributed by atoms with Gasteiger partial charge in [0.1, 0.15) is 5.75 Å². The number of amides is 1. The molecule has 2 N–H and O–H groups in total. The van der Waals surface area contributed by atoms with E-state index in [1.165, 1.54) is 0 Å². The third-order valence-electron chi connectivity index (χ3n) is 5.50. The Labute approximate surface area is 136 Å². The Morgan fingerprint density at radius 1 is 1.13 bits per heavy atom. The van der Waals surface area contributed by atoms with Crippen molar-refractivity contribution >= 4 is 17.6 Å². The Balaban J connectivity index is 1.80. The Morgan fingerprint density at radius 2 is 1.74 bits per heavy atom. The molecule has 3 aliphatic carbocycles. The molecule has 5 heteroatoms. The van der Waals surface area contributed by atoms with E-state index in [1.807, 2.05) is 19.1 Å². The number of carbonyl (C=O) groups is 2. The summed E-state index contributed by atoms with van der Waals surface area (Å²) in [6, 6.07) is 5.46. The monoisotopic (exact) mass is 317 g/mol. The van der Waals surface area contributed by atoms with Gasteiger partial charge in [-0.15, -0.1) is 0 Å². The smallest absolute Gasteiger partial charge is 0.307 e. The van der Waals surface area contributed by atoms with Crippen LogP contribution < -0.4 is 10.1 Å². The molecule has 1 amide bonds. The van der Waals surface area contributed by atoms with Gasteiger partial charge >= 0.3 is 5.97 Å². The normalized spacial score (nSPS) is 29.1. The summed E-state index contributed by atoms with van der Waals surface area (Å²) < 4.78 is 5.17. The van der Waals surface area contributed by atoms with Crippen LogP contribution in [0, 0.1) is 30.6 Å². The van der Waals surface area contributed by atoms with Gasteiger partial charge in [-0.2, -0.15) is 0 Å². The third kappa shape index (κ3) is 2.92. The minimum absolute atomic E-state index is 0.144. The average molecular weight is 317 g/mol. The van der Waals surface area contributed by atoms with Crippen molar-refractivity contribution in [3.63, 3.8) is 0 Å². The van der Waals surface area contributed by atoms with E-state index in [0.29, 0.717) is 0 Å². The van der Waals surface area contributed by atoms with E-state index in [0.717, 1.165) is 42.7 Å². The molecule has 5 nitrogen and oxygen atoms in total.